The third kappa shape index (κ3) is 8.89. The molecule has 5 aromatic rings. The maximum atomic E-state index is 5.71. The topological polar surface area (TPSA) is 28.1 Å². The lowest BCUT2D eigenvalue weighted by atomic mass is 9.79. The van der Waals surface area contributed by atoms with E-state index in [1.165, 1.54) is 55.7 Å². The molecule has 1 aliphatic heterocycles. The number of hydrogen-bond donors (Lipinski definition) is 1. The van der Waals surface area contributed by atoms with Gasteiger partial charge in [-0.1, -0.05) is 205 Å². The van der Waals surface area contributed by atoms with Gasteiger partial charge in [-0.15, -0.1) is 0 Å². The van der Waals surface area contributed by atoms with Crippen molar-refractivity contribution in [3.05, 3.63) is 183 Å². The zero-order valence-corrected chi connectivity index (χ0v) is 38.1. The van der Waals surface area contributed by atoms with Gasteiger partial charge in [0.05, 0.1) is 17.1 Å². The lowest BCUT2D eigenvalue weighted by Gasteiger charge is -2.26. The number of aromatic amines is 1. The van der Waals surface area contributed by atoms with Crippen LogP contribution in [0.4, 0.5) is 0 Å². The smallest absolute Gasteiger partial charge is 0.0815 e. The van der Waals surface area contributed by atoms with Crippen LogP contribution in [0.1, 0.15) is 153 Å². The lowest BCUT2D eigenvalue weighted by Crippen LogP contribution is -2.11. The van der Waals surface area contributed by atoms with Crippen LogP contribution in [0.3, 0.4) is 0 Å². The molecule has 0 atom stereocenters. The number of benzene rings is 4. The fourth-order valence-electron chi connectivity index (χ4n) is 8.42. The summed E-state index contributed by atoms with van der Waals surface area (Å²) in [6.07, 6.45) is 10.0. The van der Waals surface area contributed by atoms with Crippen LogP contribution >= 0.6 is 0 Å². The minimum Gasteiger partial charge on any atom is -0.354 e. The Hall–Kier alpha value is -5.21. The van der Waals surface area contributed by atoms with Crippen molar-refractivity contribution in [2.75, 3.05) is 0 Å². The van der Waals surface area contributed by atoms with Crippen LogP contribution < -0.4 is 0 Å². The van der Waals surface area contributed by atoms with E-state index in [1.807, 2.05) is 0 Å². The van der Waals surface area contributed by atoms with E-state index < -0.39 is 0 Å². The second kappa shape index (κ2) is 15.8. The third-order valence-electron chi connectivity index (χ3n) is 12.4. The van der Waals surface area contributed by atoms with Crippen LogP contribution in [0.15, 0.2) is 138 Å². The van der Waals surface area contributed by atoms with E-state index in [2.05, 4.69) is 216 Å². The highest BCUT2D eigenvalue weighted by molar-refractivity contribution is 6.20. The Labute approximate surface area is 356 Å². The van der Waals surface area contributed by atoms with E-state index in [1.54, 1.807) is 0 Å². The predicted molar refractivity (Wildman–Crippen MR) is 256 cm³/mol. The van der Waals surface area contributed by atoms with Gasteiger partial charge in [-0.25, -0.2) is 4.99 Å². The number of H-pyrrole nitrogens is 1. The summed E-state index contributed by atoms with van der Waals surface area (Å²) in [6, 6.07) is 38.8. The lowest BCUT2D eigenvalue weighted by molar-refractivity contribution is 0.482. The first-order chi connectivity index (χ1) is 27.7. The molecule has 0 saturated carbocycles. The van der Waals surface area contributed by atoms with Crippen molar-refractivity contribution in [3.63, 3.8) is 0 Å². The van der Waals surface area contributed by atoms with Gasteiger partial charge in [0.2, 0.25) is 0 Å². The Morgan fingerprint density at radius 2 is 1.10 bits per heavy atom. The minimum atomic E-state index is 0.0542. The van der Waals surface area contributed by atoms with Crippen LogP contribution in [-0.2, 0) is 22.7 Å². The largest absolute Gasteiger partial charge is 0.354 e. The molecule has 2 aliphatic rings. The first-order valence-corrected chi connectivity index (χ1v) is 21.8. The molecule has 0 unspecified atom stereocenters. The normalized spacial score (nSPS) is 16.1. The summed E-state index contributed by atoms with van der Waals surface area (Å²) < 4.78 is 0. The van der Waals surface area contributed by atoms with Gasteiger partial charge >= 0.3 is 0 Å². The predicted octanol–water partition coefficient (Wildman–Crippen LogP) is 15.6. The van der Waals surface area contributed by atoms with Crippen molar-refractivity contribution in [1.29, 1.82) is 0 Å². The molecule has 4 aromatic carbocycles. The zero-order chi connectivity index (χ0) is 42.5. The van der Waals surface area contributed by atoms with E-state index >= 15 is 0 Å². The van der Waals surface area contributed by atoms with E-state index in [0.29, 0.717) is 0 Å². The molecular weight excluding hydrogens is 713 g/mol. The quantitative estimate of drug-likeness (QED) is 0.170. The Kier molecular flexibility index (Phi) is 11.2. The number of hydrogen-bond acceptors (Lipinski definition) is 1. The zero-order valence-electron chi connectivity index (χ0n) is 38.1. The summed E-state index contributed by atoms with van der Waals surface area (Å²) in [4.78, 5) is 9.80. The van der Waals surface area contributed by atoms with Crippen LogP contribution in [0.25, 0.3) is 28.0 Å². The molecule has 0 spiro atoms. The second-order valence-corrected chi connectivity index (χ2v) is 20.9. The molecular formula is C57H66N2. The number of aliphatic imine (C=N–C) groups is 1. The van der Waals surface area contributed by atoms with Crippen molar-refractivity contribution in [2.24, 2.45) is 10.4 Å². The molecule has 1 aromatic heterocycles. The molecule has 59 heavy (non-hydrogen) atoms. The molecule has 0 bridgehead atoms. The minimum absolute atomic E-state index is 0.0542. The van der Waals surface area contributed by atoms with Gasteiger partial charge in [-0.2, -0.15) is 0 Å². The van der Waals surface area contributed by atoms with Gasteiger partial charge in [0.25, 0.3) is 0 Å². The van der Waals surface area contributed by atoms with Gasteiger partial charge in [0, 0.05) is 28.0 Å². The molecule has 7 rings (SSSR count). The fourth-order valence-corrected chi connectivity index (χ4v) is 8.42. The Morgan fingerprint density at radius 3 is 1.59 bits per heavy atom. The first kappa shape index (κ1) is 41.9. The van der Waals surface area contributed by atoms with Crippen molar-refractivity contribution in [3.8, 4) is 11.3 Å². The SMILES string of the molecule is CCc1ccccc1/C(=C1/N=C(c2ccc(C(C)(C)C)cc2)C=C1c1ccc(C(C)(C)C)cc1)c1[nH]c(-c2ccc(C(C)(C)C)cc2)cc1C1=CC=C(C(C)(C)C)CC1. The van der Waals surface area contributed by atoms with Crippen LogP contribution in [0, 0.1) is 5.41 Å². The summed E-state index contributed by atoms with van der Waals surface area (Å²) in [6.45, 7) is 29.8. The second-order valence-electron chi connectivity index (χ2n) is 20.9. The molecule has 2 heteroatoms. The van der Waals surface area contributed by atoms with Crippen molar-refractivity contribution < 1.29 is 0 Å². The summed E-state index contributed by atoms with van der Waals surface area (Å²) in [5.74, 6) is 0. The molecule has 0 saturated heterocycles. The molecule has 2 nitrogen and oxygen atoms in total. The highest BCUT2D eigenvalue weighted by atomic mass is 14.8. The van der Waals surface area contributed by atoms with E-state index in [4.69, 9.17) is 4.99 Å². The summed E-state index contributed by atoms with van der Waals surface area (Å²) in [7, 11) is 0. The molecule has 1 aliphatic carbocycles. The number of aromatic nitrogens is 1. The molecule has 0 fully saturated rings. The summed E-state index contributed by atoms with van der Waals surface area (Å²) >= 11 is 0. The molecule has 0 amide bonds. The van der Waals surface area contributed by atoms with E-state index in [9.17, 15) is 0 Å². The van der Waals surface area contributed by atoms with Gasteiger partial charge in [0.1, 0.15) is 0 Å². The van der Waals surface area contributed by atoms with Crippen LogP contribution in [0.2, 0.25) is 0 Å². The van der Waals surface area contributed by atoms with E-state index in [-0.39, 0.29) is 21.7 Å². The monoisotopic (exact) mass is 779 g/mol. The van der Waals surface area contributed by atoms with Gasteiger partial charge < -0.3 is 4.98 Å². The maximum Gasteiger partial charge on any atom is 0.0815 e. The standard InChI is InChI=1S/C57H66N2/c1-14-37-17-15-16-18-46(37)51(52-47(38-19-27-42(28-20-38)54(2,3)4)35-49(58-52)40-23-31-44(32-24-40)56(8,9)10)53-48(39-21-29-43(30-22-39)55(5,6)7)36-50(59-53)41-25-33-45(34-26-41)57(11,12)13/h15-21,23-29,31-36,59H,14,22,30H2,1-13H3/b52-51-. The van der Waals surface area contributed by atoms with Crippen molar-refractivity contribution in [2.45, 2.75) is 126 Å². The van der Waals surface area contributed by atoms with Crippen molar-refractivity contribution >= 4 is 22.4 Å². The average Bonchev–Trinajstić information content (AvgIpc) is 3.83. The summed E-state index contributed by atoms with van der Waals surface area (Å²) in [5, 5.41) is 0. The fraction of sp³-hybridized carbons (Fsp3) is 0.351. The van der Waals surface area contributed by atoms with E-state index in [0.717, 1.165) is 58.8 Å². The maximum absolute atomic E-state index is 5.71. The highest BCUT2D eigenvalue weighted by Crippen LogP contribution is 2.46. The number of allylic oxidation sites excluding steroid dienone is 6. The number of aryl methyl sites for hydroxylation is 1. The average molecular weight is 779 g/mol. The molecule has 0 radical (unpaired) electrons. The summed E-state index contributed by atoms with van der Waals surface area (Å²) in [5.41, 5.74) is 20.9. The molecule has 304 valence electrons. The van der Waals surface area contributed by atoms with Gasteiger partial charge in [-0.05, 0) is 97.6 Å². The highest BCUT2D eigenvalue weighted by Gasteiger charge is 2.30. The van der Waals surface area contributed by atoms with Gasteiger partial charge in [0.15, 0.2) is 0 Å². The van der Waals surface area contributed by atoms with Crippen LogP contribution in [0.5, 0.6) is 0 Å². The molecule has 2 heterocycles. The van der Waals surface area contributed by atoms with Crippen molar-refractivity contribution in [1.82, 2.24) is 4.98 Å². The van der Waals surface area contributed by atoms with Crippen LogP contribution in [-0.4, -0.2) is 10.7 Å². The Morgan fingerprint density at radius 1 is 0.576 bits per heavy atom. The number of nitrogens with zero attached hydrogens (tertiary/aromatic N) is 1. The third-order valence-corrected chi connectivity index (χ3v) is 12.4. The molecule has 1 N–H and O–H groups in total. The Bertz CT molecular complexity index is 2490. The Balaban J connectivity index is 1.54. The first-order valence-electron chi connectivity index (χ1n) is 21.8. The number of nitrogens with one attached hydrogen (secondary N) is 1. The van der Waals surface area contributed by atoms with Gasteiger partial charge in [-0.3, -0.25) is 0 Å². The number of rotatable bonds is 7.